The van der Waals surface area contributed by atoms with Crippen LogP contribution in [0.25, 0.3) is 0 Å². The van der Waals surface area contributed by atoms with Gasteiger partial charge in [0.2, 0.25) is 0 Å². The molecule has 0 aromatic carbocycles. The Hall–Kier alpha value is -2.41. The van der Waals surface area contributed by atoms with Crippen LogP contribution in [-0.2, 0) is 6.54 Å². The summed E-state index contributed by atoms with van der Waals surface area (Å²) in [7, 11) is 2.11. The highest BCUT2D eigenvalue weighted by molar-refractivity contribution is 5.92. The zero-order valence-electron chi connectivity index (χ0n) is 13.4. The summed E-state index contributed by atoms with van der Waals surface area (Å²) in [4.78, 5) is 25.1. The summed E-state index contributed by atoms with van der Waals surface area (Å²) in [5.41, 5.74) is 0.418. The minimum atomic E-state index is -0.157. The lowest BCUT2D eigenvalue weighted by Crippen LogP contribution is -2.45. The Kier molecular flexibility index (Phi) is 4.87. The van der Waals surface area contributed by atoms with Gasteiger partial charge in [-0.1, -0.05) is 0 Å². The van der Waals surface area contributed by atoms with Crippen LogP contribution in [0.2, 0.25) is 0 Å². The Balaban J connectivity index is 1.56. The van der Waals surface area contributed by atoms with E-state index in [4.69, 9.17) is 0 Å². The molecule has 0 radical (unpaired) electrons. The van der Waals surface area contributed by atoms with Gasteiger partial charge in [-0.3, -0.25) is 4.79 Å². The molecule has 3 rings (SSSR count). The lowest BCUT2D eigenvalue weighted by Gasteiger charge is -2.33. The number of carbonyl (C=O) groups is 1. The van der Waals surface area contributed by atoms with Crippen LogP contribution < -0.4 is 10.2 Å². The molecule has 1 aliphatic rings. The summed E-state index contributed by atoms with van der Waals surface area (Å²) in [5.74, 6) is 0.665. The van der Waals surface area contributed by atoms with Crippen molar-refractivity contribution < 1.29 is 4.79 Å². The van der Waals surface area contributed by atoms with Gasteiger partial charge in [0, 0.05) is 57.7 Å². The van der Waals surface area contributed by atoms with Gasteiger partial charge in [-0.2, -0.15) is 0 Å². The van der Waals surface area contributed by atoms with Crippen molar-refractivity contribution in [2.75, 3.05) is 44.7 Å². The number of likely N-dealkylation sites (N-methyl/N-ethyl adjacent to an activating group) is 1. The molecule has 1 N–H and O–H groups in total. The van der Waals surface area contributed by atoms with Crippen LogP contribution in [0.3, 0.4) is 0 Å². The van der Waals surface area contributed by atoms with Crippen molar-refractivity contribution >= 4 is 11.7 Å². The van der Waals surface area contributed by atoms with Crippen LogP contribution >= 0.6 is 0 Å². The maximum atomic E-state index is 12.2. The second-order valence-electron chi connectivity index (χ2n) is 5.73. The zero-order valence-corrected chi connectivity index (χ0v) is 13.4. The lowest BCUT2D eigenvalue weighted by atomic mass is 10.3. The van der Waals surface area contributed by atoms with Gasteiger partial charge in [0.1, 0.15) is 17.8 Å². The van der Waals surface area contributed by atoms with Gasteiger partial charge in [-0.25, -0.2) is 9.97 Å². The van der Waals surface area contributed by atoms with E-state index in [0.717, 1.165) is 38.5 Å². The van der Waals surface area contributed by atoms with E-state index < -0.39 is 0 Å². The number of hydrogen-bond acceptors (Lipinski definition) is 5. The standard InChI is InChI=1S/C16H22N6O/c1-20-8-10-22(11-9-20)15-12-14(18-13-19-15)16(23)17-4-7-21-5-2-3-6-21/h2-3,5-6,12-13H,4,7-11H2,1H3,(H,17,23). The van der Waals surface area contributed by atoms with E-state index >= 15 is 0 Å². The minimum Gasteiger partial charge on any atom is -0.354 e. The number of nitrogens with zero attached hydrogens (tertiary/aromatic N) is 5. The van der Waals surface area contributed by atoms with E-state index in [2.05, 4.69) is 32.1 Å². The highest BCUT2D eigenvalue weighted by Gasteiger charge is 2.17. The molecule has 0 bridgehead atoms. The molecular formula is C16H22N6O. The molecule has 0 unspecified atom stereocenters. The smallest absolute Gasteiger partial charge is 0.270 e. The van der Waals surface area contributed by atoms with E-state index in [-0.39, 0.29) is 5.91 Å². The Morgan fingerprint density at radius 3 is 2.65 bits per heavy atom. The first-order valence-corrected chi connectivity index (χ1v) is 7.87. The highest BCUT2D eigenvalue weighted by atomic mass is 16.1. The number of aromatic nitrogens is 3. The number of piperazine rings is 1. The lowest BCUT2D eigenvalue weighted by molar-refractivity contribution is 0.0947. The Morgan fingerprint density at radius 1 is 1.17 bits per heavy atom. The van der Waals surface area contributed by atoms with Crippen LogP contribution in [0.5, 0.6) is 0 Å². The van der Waals surface area contributed by atoms with Crippen LogP contribution in [0.15, 0.2) is 36.9 Å². The van der Waals surface area contributed by atoms with Gasteiger partial charge >= 0.3 is 0 Å². The third kappa shape index (κ3) is 4.07. The molecule has 0 atom stereocenters. The van der Waals surface area contributed by atoms with E-state index in [1.807, 2.05) is 29.1 Å². The summed E-state index contributed by atoms with van der Waals surface area (Å²) in [6.07, 6.45) is 5.42. The maximum absolute atomic E-state index is 12.2. The van der Waals surface area contributed by atoms with E-state index in [1.165, 1.54) is 6.33 Å². The van der Waals surface area contributed by atoms with Crippen LogP contribution in [0.4, 0.5) is 5.82 Å². The maximum Gasteiger partial charge on any atom is 0.270 e. The highest BCUT2D eigenvalue weighted by Crippen LogP contribution is 2.13. The Morgan fingerprint density at radius 2 is 1.91 bits per heavy atom. The van der Waals surface area contributed by atoms with Crippen LogP contribution in [0.1, 0.15) is 10.5 Å². The average Bonchev–Trinajstić information content (AvgIpc) is 3.09. The molecule has 1 fully saturated rings. The molecule has 23 heavy (non-hydrogen) atoms. The van der Waals surface area contributed by atoms with Crippen molar-refractivity contribution in [1.29, 1.82) is 0 Å². The third-order valence-corrected chi connectivity index (χ3v) is 4.03. The van der Waals surface area contributed by atoms with Crippen molar-refractivity contribution in [3.05, 3.63) is 42.6 Å². The fourth-order valence-electron chi connectivity index (χ4n) is 2.59. The van der Waals surface area contributed by atoms with Gasteiger partial charge in [0.25, 0.3) is 5.91 Å². The Bertz CT molecular complexity index is 634. The van der Waals surface area contributed by atoms with Gasteiger partial charge in [-0.15, -0.1) is 0 Å². The third-order valence-electron chi connectivity index (χ3n) is 4.03. The topological polar surface area (TPSA) is 66.3 Å². The van der Waals surface area contributed by atoms with E-state index in [9.17, 15) is 4.79 Å². The molecular weight excluding hydrogens is 292 g/mol. The minimum absolute atomic E-state index is 0.157. The summed E-state index contributed by atoms with van der Waals surface area (Å²) >= 11 is 0. The van der Waals surface area contributed by atoms with E-state index in [1.54, 1.807) is 6.07 Å². The molecule has 7 heteroatoms. The molecule has 1 amide bonds. The van der Waals surface area contributed by atoms with Gasteiger partial charge < -0.3 is 19.7 Å². The molecule has 7 nitrogen and oxygen atoms in total. The largest absolute Gasteiger partial charge is 0.354 e. The van der Waals surface area contributed by atoms with Gasteiger partial charge in [0.05, 0.1) is 0 Å². The fourth-order valence-corrected chi connectivity index (χ4v) is 2.59. The predicted molar refractivity (Wildman–Crippen MR) is 88.5 cm³/mol. The van der Waals surface area contributed by atoms with Crippen molar-refractivity contribution in [3.63, 3.8) is 0 Å². The SMILES string of the molecule is CN1CCN(c2cc(C(=O)NCCn3cccc3)ncn2)CC1. The first-order valence-electron chi connectivity index (χ1n) is 7.87. The second kappa shape index (κ2) is 7.23. The summed E-state index contributed by atoms with van der Waals surface area (Å²) in [5, 5.41) is 2.90. The van der Waals surface area contributed by atoms with Gasteiger partial charge in [-0.05, 0) is 19.2 Å². The van der Waals surface area contributed by atoms with Crippen LogP contribution in [0, 0.1) is 0 Å². The molecule has 122 valence electrons. The fraction of sp³-hybridized carbons (Fsp3) is 0.438. The Labute approximate surface area is 135 Å². The summed E-state index contributed by atoms with van der Waals surface area (Å²) < 4.78 is 2.02. The quantitative estimate of drug-likeness (QED) is 0.868. The van der Waals surface area contributed by atoms with Crippen molar-refractivity contribution in [2.24, 2.45) is 0 Å². The molecule has 0 aliphatic carbocycles. The first-order chi connectivity index (χ1) is 11.2. The molecule has 2 aromatic rings. The van der Waals surface area contributed by atoms with Crippen molar-refractivity contribution in [2.45, 2.75) is 6.54 Å². The van der Waals surface area contributed by atoms with Crippen molar-refractivity contribution in [3.8, 4) is 0 Å². The first kappa shape index (κ1) is 15.5. The number of amides is 1. The summed E-state index contributed by atoms with van der Waals surface area (Å²) in [6, 6.07) is 5.71. The molecule has 1 aliphatic heterocycles. The number of anilines is 1. The monoisotopic (exact) mass is 314 g/mol. The van der Waals surface area contributed by atoms with Gasteiger partial charge in [0.15, 0.2) is 0 Å². The number of nitrogens with one attached hydrogen (secondary N) is 1. The number of carbonyl (C=O) groups excluding carboxylic acids is 1. The molecule has 0 spiro atoms. The predicted octanol–water partition coefficient (Wildman–Crippen LogP) is 0.460. The summed E-state index contributed by atoms with van der Waals surface area (Å²) in [6.45, 7) is 5.16. The van der Waals surface area contributed by atoms with Crippen molar-refractivity contribution in [1.82, 2.24) is 24.8 Å². The number of rotatable bonds is 5. The molecule has 0 saturated carbocycles. The average molecular weight is 314 g/mol. The molecule has 1 saturated heterocycles. The normalized spacial score (nSPS) is 15.6. The van der Waals surface area contributed by atoms with Crippen LogP contribution in [-0.4, -0.2) is 65.1 Å². The second-order valence-corrected chi connectivity index (χ2v) is 5.73. The zero-order chi connectivity index (χ0) is 16.1. The number of hydrogen-bond donors (Lipinski definition) is 1. The van der Waals surface area contributed by atoms with E-state index in [0.29, 0.717) is 12.2 Å². The molecule has 2 aromatic heterocycles. The molecule has 3 heterocycles.